The van der Waals surface area contributed by atoms with Crippen LogP contribution >= 0.6 is 0 Å². The van der Waals surface area contributed by atoms with Crippen LogP contribution in [0.5, 0.6) is 0 Å². The smallest absolute Gasteiger partial charge is 0.254 e. The second-order valence-electron chi connectivity index (χ2n) is 2.78. The van der Waals surface area contributed by atoms with Gasteiger partial charge >= 0.3 is 0 Å². The summed E-state index contributed by atoms with van der Waals surface area (Å²) in [5, 5.41) is 0. The van der Waals surface area contributed by atoms with Gasteiger partial charge in [0.15, 0.2) is 0 Å². The van der Waals surface area contributed by atoms with E-state index < -0.39 is 17.9 Å². The summed E-state index contributed by atoms with van der Waals surface area (Å²) < 4.78 is 10.0. The average molecular weight is 202 g/mol. The second kappa shape index (κ2) is 7.64. The molecule has 0 aliphatic rings. The number of hydrogen-bond acceptors (Lipinski definition) is 4. The monoisotopic (exact) mass is 202 g/mol. The molecule has 0 amide bonds. The number of Topliss-reactive ketones (excluding diaryl/α,β-unsaturated/α-hetero) is 2. The highest BCUT2D eigenvalue weighted by Gasteiger charge is 2.24. The lowest BCUT2D eigenvalue weighted by molar-refractivity contribution is -0.171. The zero-order valence-electron chi connectivity index (χ0n) is 9.04. The summed E-state index contributed by atoms with van der Waals surface area (Å²) in [7, 11) is 0. The van der Waals surface area contributed by atoms with E-state index in [4.69, 9.17) is 9.47 Å². The Balaban J connectivity index is 4.19. The molecule has 0 rings (SSSR count). The topological polar surface area (TPSA) is 52.6 Å². The Bertz CT molecular complexity index is 183. The molecule has 0 aliphatic carbocycles. The second-order valence-corrected chi connectivity index (χ2v) is 2.78. The third-order valence-electron chi connectivity index (χ3n) is 1.60. The first-order chi connectivity index (χ1) is 6.67. The van der Waals surface area contributed by atoms with Gasteiger partial charge in [-0.1, -0.05) is 6.92 Å². The number of carbonyl (C=O) groups excluding carboxylic acids is 2. The number of carbonyl (C=O) groups is 2. The summed E-state index contributed by atoms with van der Waals surface area (Å²) >= 11 is 0. The standard InChI is InChI=1S/C10H18O4/c1-4-7-8(11)9(12)10(13-5-2)14-6-3/h10H,4-7H2,1-3H3. The maximum Gasteiger partial charge on any atom is 0.254 e. The van der Waals surface area contributed by atoms with E-state index in [1.165, 1.54) is 0 Å². The Kier molecular flexibility index (Phi) is 7.24. The summed E-state index contributed by atoms with van der Waals surface area (Å²) in [4.78, 5) is 22.6. The van der Waals surface area contributed by atoms with Gasteiger partial charge in [0.1, 0.15) is 0 Å². The van der Waals surface area contributed by atoms with E-state index in [1.807, 2.05) is 6.92 Å². The minimum atomic E-state index is -1.01. The normalized spacial score (nSPS) is 10.6. The third-order valence-corrected chi connectivity index (χ3v) is 1.60. The van der Waals surface area contributed by atoms with Crippen LogP contribution in [-0.4, -0.2) is 31.1 Å². The van der Waals surface area contributed by atoms with Crippen LogP contribution in [0, 0.1) is 0 Å². The molecule has 0 fully saturated rings. The van der Waals surface area contributed by atoms with Crippen LogP contribution in [0.3, 0.4) is 0 Å². The molecule has 0 saturated carbocycles. The molecule has 14 heavy (non-hydrogen) atoms. The van der Waals surface area contributed by atoms with Gasteiger partial charge in [-0.15, -0.1) is 0 Å². The molecule has 4 heteroatoms. The highest BCUT2D eigenvalue weighted by atomic mass is 16.7. The molecular weight excluding hydrogens is 184 g/mol. The van der Waals surface area contributed by atoms with Crippen molar-refractivity contribution >= 4 is 11.6 Å². The van der Waals surface area contributed by atoms with Crippen LogP contribution < -0.4 is 0 Å². The van der Waals surface area contributed by atoms with Crippen molar-refractivity contribution in [3.63, 3.8) is 0 Å². The predicted molar refractivity (Wildman–Crippen MR) is 52.0 cm³/mol. The number of ether oxygens (including phenoxy) is 2. The van der Waals surface area contributed by atoms with Crippen molar-refractivity contribution in [3.05, 3.63) is 0 Å². The van der Waals surface area contributed by atoms with E-state index in [0.29, 0.717) is 19.6 Å². The lowest BCUT2D eigenvalue weighted by atomic mass is 10.1. The Labute approximate surface area is 84.6 Å². The molecule has 82 valence electrons. The molecule has 0 aromatic carbocycles. The lowest BCUT2D eigenvalue weighted by Gasteiger charge is -2.14. The predicted octanol–water partition coefficient (Wildman–Crippen LogP) is 1.32. The summed E-state index contributed by atoms with van der Waals surface area (Å²) in [5.74, 6) is -0.991. The quantitative estimate of drug-likeness (QED) is 0.440. The Morgan fingerprint density at radius 3 is 1.93 bits per heavy atom. The van der Waals surface area contributed by atoms with Gasteiger partial charge in [-0.05, 0) is 20.3 Å². The maximum atomic E-state index is 11.4. The van der Waals surface area contributed by atoms with Crippen LogP contribution in [0.25, 0.3) is 0 Å². The first kappa shape index (κ1) is 13.3. The molecule has 0 unspecified atom stereocenters. The van der Waals surface area contributed by atoms with Gasteiger partial charge in [0, 0.05) is 19.6 Å². The Hall–Kier alpha value is -0.740. The zero-order valence-corrected chi connectivity index (χ0v) is 9.04. The van der Waals surface area contributed by atoms with Gasteiger partial charge in [0.2, 0.25) is 12.1 Å². The zero-order chi connectivity index (χ0) is 11.0. The SMILES string of the molecule is CCCC(=O)C(=O)C(OCC)OCC. The summed E-state index contributed by atoms with van der Waals surface area (Å²) in [6, 6.07) is 0. The third kappa shape index (κ3) is 4.48. The minimum Gasteiger partial charge on any atom is -0.346 e. The molecule has 0 radical (unpaired) electrons. The van der Waals surface area contributed by atoms with Gasteiger partial charge in [0.25, 0.3) is 5.78 Å². The highest BCUT2D eigenvalue weighted by molar-refractivity contribution is 6.38. The van der Waals surface area contributed by atoms with Gasteiger partial charge in [-0.2, -0.15) is 0 Å². The van der Waals surface area contributed by atoms with Crippen LogP contribution in [0.15, 0.2) is 0 Å². The molecule has 0 spiro atoms. The summed E-state index contributed by atoms with van der Waals surface area (Å²) in [6.07, 6.45) is -0.0885. The molecule has 0 aromatic heterocycles. The number of ketones is 2. The first-order valence-electron chi connectivity index (χ1n) is 4.97. The van der Waals surface area contributed by atoms with E-state index in [2.05, 4.69) is 0 Å². The van der Waals surface area contributed by atoms with Crippen LogP contribution in [0.1, 0.15) is 33.6 Å². The average Bonchev–Trinajstić information content (AvgIpc) is 2.17. The Morgan fingerprint density at radius 1 is 1.07 bits per heavy atom. The molecule has 0 saturated heterocycles. The fraction of sp³-hybridized carbons (Fsp3) is 0.800. The molecule has 4 nitrogen and oxygen atoms in total. The van der Waals surface area contributed by atoms with Gasteiger partial charge in [-0.3, -0.25) is 9.59 Å². The molecular formula is C10H18O4. The van der Waals surface area contributed by atoms with Crippen LogP contribution in [0.4, 0.5) is 0 Å². The van der Waals surface area contributed by atoms with Crippen LogP contribution in [0.2, 0.25) is 0 Å². The first-order valence-corrected chi connectivity index (χ1v) is 4.97. The van der Waals surface area contributed by atoms with Crippen molar-refractivity contribution < 1.29 is 19.1 Å². The van der Waals surface area contributed by atoms with Crippen molar-refractivity contribution in [1.82, 2.24) is 0 Å². The fourth-order valence-electron chi connectivity index (χ4n) is 0.984. The van der Waals surface area contributed by atoms with Crippen molar-refractivity contribution in [3.8, 4) is 0 Å². The lowest BCUT2D eigenvalue weighted by Crippen LogP contribution is -2.33. The highest BCUT2D eigenvalue weighted by Crippen LogP contribution is 2.01. The molecule has 0 bridgehead atoms. The molecule has 0 atom stereocenters. The molecule has 0 aromatic rings. The van der Waals surface area contributed by atoms with Gasteiger partial charge in [-0.25, -0.2) is 0 Å². The van der Waals surface area contributed by atoms with Crippen molar-refractivity contribution in [2.75, 3.05) is 13.2 Å². The van der Waals surface area contributed by atoms with Crippen molar-refractivity contribution in [1.29, 1.82) is 0 Å². The molecule has 0 heterocycles. The minimum absolute atomic E-state index is 0.259. The number of hydrogen-bond donors (Lipinski definition) is 0. The largest absolute Gasteiger partial charge is 0.346 e. The van der Waals surface area contributed by atoms with E-state index >= 15 is 0 Å². The molecule has 0 aliphatic heterocycles. The van der Waals surface area contributed by atoms with Crippen molar-refractivity contribution in [2.24, 2.45) is 0 Å². The molecule has 0 N–H and O–H groups in total. The van der Waals surface area contributed by atoms with E-state index in [0.717, 1.165) is 0 Å². The van der Waals surface area contributed by atoms with E-state index in [-0.39, 0.29) is 6.42 Å². The number of rotatable bonds is 8. The van der Waals surface area contributed by atoms with E-state index in [1.54, 1.807) is 13.8 Å². The summed E-state index contributed by atoms with van der Waals surface area (Å²) in [5.41, 5.74) is 0. The van der Waals surface area contributed by atoms with E-state index in [9.17, 15) is 9.59 Å². The van der Waals surface area contributed by atoms with Gasteiger partial charge in [0.05, 0.1) is 0 Å². The van der Waals surface area contributed by atoms with Gasteiger partial charge < -0.3 is 9.47 Å². The van der Waals surface area contributed by atoms with Crippen molar-refractivity contribution in [2.45, 2.75) is 39.9 Å². The Morgan fingerprint density at radius 2 is 1.57 bits per heavy atom. The summed E-state index contributed by atoms with van der Waals surface area (Å²) in [6.45, 7) is 6.07. The van der Waals surface area contributed by atoms with Crippen LogP contribution in [-0.2, 0) is 19.1 Å². The fourth-order valence-corrected chi connectivity index (χ4v) is 0.984. The maximum absolute atomic E-state index is 11.4.